The van der Waals surface area contributed by atoms with Crippen molar-refractivity contribution in [3.63, 3.8) is 0 Å². The first-order valence-corrected chi connectivity index (χ1v) is 39.3. The van der Waals surface area contributed by atoms with Crippen LogP contribution >= 0.6 is 0 Å². The van der Waals surface area contributed by atoms with Gasteiger partial charge in [0, 0.05) is 65.6 Å². The largest absolute Gasteiger partial charge is 0.455 e. The summed E-state index contributed by atoms with van der Waals surface area (Å²) in [6, 6.07) is 137. The molecule has 4 aromatic heterocycles. The summed E-state index contributed by atoms with van der Waals surface area (Å²) in [4.78, 5) is 0. The molecule has 6 heteroatoms. The van der Waals surface area contributed by atoms with Crippen LogP contribution in [0.15, 0.2) is 373 Å². The number of para-hydroxylation sites is 4. The Bertz CT molecular complexity index is 6390. The van der Waals surface area contributed by atoms with E-state index in [0.717, 1.165) is 111 Å². The van der Waals surface area contributed by atoms with Crippen molar-refractivity contribution in [2.24, 2.45) is 0 Å². The predicted molar refractivity (Wildman–Crippen MR) is 431 cm³/mol. The van der Waals surface area contributed by atoms with E-state index >= 15 is 0 Å². The lowest BCUT2D eigenvalue weighted by Crippen LogP contribution is -2.72. The van der Waals surface area contributed by atoms with E-state index in [-0.39, 0.29) is 0 Å². The summed E-state index contributed by atoms with van der Waals surface area (Å²) in [5, 5.41) is 20.4. The van der Waals surface area contributed by atoms with Crippen LogP contribution in [0, 0.1) is 0 Å². The van der Waals surface area contributed by atoms with Gasteiger partial charge >= 0.3 is 0 Å². The molecule has 0 saturated heterocycles. The van der Waals surface area contributed by atoms with Crippen LogP contribution in [-0.4, -0.2) is 25.3 Å². The molecule has 0 N–H and O–H groups in total. The lowest BCUT2D eigenvalue weighted by atomic mass is 9.97. The molecule has 0 amide bonds. The van der Waals surface area contributed by atoms with Gasteiger partial charge in [0.05, 0.1) is 22.1 Å². The fourth-order valence-corrected chi connectivity index (χ4v) is 28.7. The van der Waals surface area contributed by atoms with Gasteiger partial charge in [0.1, 0.15) is 22.3 Å². The van der Waals surface area contributed by atoms with Gasteiger partial charge in [-0.05, 0) is 171 Å². The van der Waals surface area contributed by atoms with Crippen molar-refractivity contribution in [2.45, 2.75) is 0 Å². The summed E-state index contributed by atoms with van der Waals surface area (Å²) < 4.78 is 18.6. The van der Waals surface area contributed by atoms with Gasteiger partial charge in [0.15, 0.2) is 16.1 Å². The Hall–Kier alpha value is -12.8. The van der Waals surface area contributed by atoms with Crippen LogP contribution in [0.25, 0.3) is 154 Å². The number of furan rings is 2. The van der Waals surface area contributed by atoms with Crippen molar-refractivity contribution < 1.29 is 8.83 Å². The molecule has 474 valence electrons. The van der Waals surface area contributed by atoms with Gasteiger partial charge in [-0.25, -0.2) is 0 Å². The third kappa shape index (κ3) is 7.96. The Labute approximate surface area is 590 Å². The van der Waals surface area contributed by atoms with Gasteiger partial charge in [-0.1, -0.05) is 279 Å². The molecule has 6 heterocycles. The van der Waals surface area contributed by atoms with Gasteiger partial charge in [0.2, 0.25) is 0 Å². The zero-order valence-corrected chi connectivity index (χ0v) is 57.4. The highest BCUT2D eigenvalue weighted by atomic mass is 28.3. The standard InChI is InChI=1S/C96H60N2O2Si2/c1-5-23-67(24-6-1)101(68-25-7-2-8-26-68)91-41-19-15-33-75(91)83-59-65(47-53-93(83)101)97-85-49-43-61(55-79(85)81-57-63(45-51-87(81)97)71-35-21-37-77-73-31-13-17-39-89(73)99-95(71)77)62-44-50-86-80(56-62)82-58-64(72-36-22-38-78-74-32-14-18-40-90(74)100-96(72)78)46-52-88(82)98(86)66-48-54-94-84(60-66)76-34-16-20-42-92(76)102(94,69-27-9-3-10-28-69)70-29-11-4-12-30-70/h1-60H. The summed E-state index contributed by atoms with van der Waals surface area (Å²) in [5.41, 5.74) is 22.2. The molecule has 0 fully saturated rings. The number of benzene rings is 16. The summed E-state index contributed by atoms with van der Waals surface area (Å²) >= 11 is 0. The topological polar surface area (TPSA) is 36.1 Å². The summed E-state index contributed by atoms with van der Waals surface area (Å²) in [6.45, 7) is 0. The maximum atomic E-state index is 6.77. The molecule has 20 aromatic rings. The van der Waals surface area contributed by atoms with Crippen LogP contribution < -0.4 is 41.5 Å². The van der Waals surface area contributed by atoms with Crippen LogP contribution in [-0.2, 0) is 0 Å². The number of fused-ring (bicyclic) bond motifs is 18. The molecule has 2 aliphatic rings. The highest BCUT2D eigenvalue weighted by molar-refractivity contribution is 7.23. The van der Waals surface area contributed by atoms with Crippen LogP contribution in [0.5, 0.6) is 0 Å². The fourth-order valence-electron chi connectivity index (χ4n) is 18.4. The van der Waals surface area contributed by atoms with Crippen LogP contribution in [0.4, 0.5) is 0 Å². The van der Waals surface area contributed by atoms with Crippen molar-refractivity contribution in [1.82, 2.24) is 9.13 Å². The lowest BCUT2D eigenvalue weighted by Gasteiger charge is -2.31. The molecular weight excluding hydrogens is 1270 g/mol. The van der Waals surface area contributed by atoms with E-state index in [1.807, 2.05) is 0 Å². The molecule has 0 bridgehead atoms. The molecule has 102 heavy (non-hydrogen) atoms. The zero-order chi connectivity index (χ0) is 66.8. The molecule has 2 aliphatic heterocycles. The molecule has 22 rings (SSSR count). The monoisotopic (exact) mass is 1330 g/mol. The molecule has 0 saturated carbocycles. The minimum Gasteiger partial charge on any atom is -0.455 e. The molecule has 0 radical (unpaired) electrons. The molecule has 0 aliphatic carbocycles. The van der Waals surface area contributed by atoms with Crippen LogP contribution in [0.1, 0.15) is 0 Å². The van der Waals surface area contributed by atoms with E-state index in [4.69, 9.17) is 8.83 Å². The Balaban J connectivity index is 0.761. The van der Waals surface area contributed by atoms with Gasteiger partial charge < -0.3 is 18.0 Å². The Morgan fingerprint density at radius 3 is 0.892 bits per heavy atom. The van der Waals surface area contributed by atoms with E-state index in [0.29, 0.717) is 0 Å². The normalized spacial score (nSPS) is 13.5. The highest BCUT2D eigenvalue weighted by Gasteiger charge is 2.50. The van der Waals surface area contributed by atoms with Crippen molar-refractivity contribution in [1.29, 1.82) is 0 Å². The van der Waals surface area contributed by atoms with E-state index in [1.54, 1.807) is 0 Å². The minimum absolute atomic E-state index is 0.889. The maximum absolute atomic E-state index is 6.77. The smallest absolute Gasteiger partial charge is 0.180 e. The van der Waals surface area contributed by atoms with Gasteiger partial charge in [-0.2, -0.15) is 0 Å². The quantitative estimate of drug-likeness (QED) is 0.135. The molecular formula is C96H60N2O2Si2. The SMILES string of the molecule is c1ccc([Si]2(c3ccccc3)c3ccccc3-c3cc(-n4c5ccc(-c6ccc7c(c6)c6cc(-c8cccc9c8oc8ccccc89)ccc6n7-c6ccc7c(c6)-c6ccccc6[Si]7(c6ccccc6)c6ccccc6)cc5c5cc(-c6cccc7c6oc6ccccc67)ccc54)ccc32)cc1. The van der Waals surface area contributed by atoms with Crippen molar-refractivity contribution >= 4 is 145 Å². The average Bonchev–Trinajstić information content (AvgIpc) is 1.54. The molecule has 0 unspecified atom stereocenters. The number of hydrogen-bond acceptors (Lipinski definition) is 2. The van der Waals surface area contributed by atoms with Gasteiger partial charge in [0.25, 0.3) is 0 Å². The Morgan fingerprint density at radius 1 is 0.196 bits per heavy atom. The summed E-state index contributed by atoms with van der Waals surface area (Å²) in [5.74, 6) is 0. The van der Waals surface area contributed by atoms with E-state index in [2.05, 4.69) is 373 Å². The second kappa shape index (κ2) is 21.8. The zero-order valence-electron chi connectivity index (χ0n) is 55.4. The number of nitrogens with zero attached hydrogens (tertiary/aromatic N) is 2. The van der Waals surface area contributed by atoms with E-state index in [9.17, 15) is 0 Å². The van der Waals surface area contributed by atoms with Crippen molar-refractivity contribution in [3.8, 4) is 67.0 Å². The van der Waals surface area contributed by atoms with Crippen LogP contribution in [0.3, 0.4) is 0 Å². The number of hydrogen-bond donors (Lipinski definition) is 0. The highest BCUT2D eigenvalue weighted by Crippen LogP contribution is 2.45. The van der Waals surface area contributed by atoms with Crippen LogP contribution in [0.2, 0.25) is 0 Å². The summed E-state index contributed by atoms with van der Waals surface area (Å²) in [6.07, 6.45) is 0. The second-order valence-corrected chi connectivity index (χ2v) is 35.1. The molecule has 4 nitrogen and oxygen atoms in total. The maximum Gasteiger partial charge on any atom is 0.180 e. The first kappa shape index (κ1) is 57.1. The van der Waals surface area contributed by atoms with Gasteiger partial charge in [-0.15, -0.1) is 0 Å². The van der Waals surface area contributed by atoms with Crippen molar-refractivity contribution in [3.05, 3.63) is 364 Å². The third-order valence-corrected chi connectivity index (χ3v) is 32.5. The fraction of sp³-hybridized carbons (Fsp3) is 0. The Kier molecular flexibility index (Phi) is 12.2. The van der Waals surface area contributed by atoms with E-state index in [1.165, 1.54) is 85.3 Å². The second-order valence-electron chi connectivity index (χ2n) is 27.7. The summed E-state index contributed by atoms with van der Waals surface area (Å²) in [7, 11) is -5.46. The number of rotatable bonds is 9. The predicted octanol–water partition coefficient (Wildman–Crippen LogP) is 19.4. The molecule has 0 spiro atoms. The lowest BCUT2D eigenvalue weighted by molar-refractivity contribution is 0.669. The third-order valence-electron chi connectivity index (χ3n) is 22.7. The first-order valence-electron chi connectivity index (χ1n) is 35.3. The number of aromatic nitrogens is 2. The van der Waals surface area contributed by atoms with Crippen molar-refractivity contribution in [2.75, 3.05) is 0 Å². The van der Waals surface area contributed by atoms with E-state index < -0.39 is 16.1 Å². The first-order chi connectivity index (χ1) is 50.6. The van der Waals surface area contributed by atoms with Gasteiger partial charge in [-0.3, -0.25) is 0 Å². The average molecular weight is 1330 g/mol. The molecule has 16 aromatic carbocycles. The molecule has 0 atom stereocenters. The Morgan fingerprint density at radius 2 is 0.500 bits per heavy atom. The minimum atomic E-state index is -2.73.